The van der Waals surface area contributed by atoms with Gasteiger partial charge in [0, 0.05) is 0 Å². The molecular formula is C10H18O6S. The first kappa shape index (κ1) is 14.4. The van der Waals surface area contributed by atoms with Crippen molar-refractivity contribution in [2.45, 2.75) is 32.3 Å². The molecular weight excluding hydrogens is 248 g/mol. The van der Waals surface area contributed by atoms with Crippen molar-refractivity contribution in [2.75, 3.05) is 12.4 Å². The Morgan fingerprint density at radius 1 is 1.47 bits per heavy atom. The molecule has 2 N–H and O–H groups in total. The largest absolute Gasteiger partial charge is 0.463 e. The van der Waals surface area contributed by atoms with Gasteiger partial charge in [0.15, 0.2) is 0 Å². The lowest BCUT2D eigenvalue weighted by atomic mass is 9.77. The van der Waals surface area contributed by atoms with Crippen LogP contribution < -0.4 is 0 Å². The highest BCUT2D eigenvalue weighted by molar-refractivity contribution is 7.85. The van der Waals surface area contributed by atoms with Crippen LogP contribution in [0.25, 0.3) is 0 Å². The van der Waals surface area contributed by atoms with E-state index in [4.69, 9.17) is 9.29 Å². The van der Waals surface area contributed by atoms with Crippen LogP contribution in [-0.2, 0) is 19.6 Å². The van der Waals surface area contributed by atoms with E-state index < -0.39 is 34.6 Å². The topological polar surface area (TPSA) is 101 Å². The third-order valence-electron chi connectivity index (χ3n) is 3.05. The summed E-state index contributed by atoms with van der Waals surface area (Å²) in [7, 11) is -4.24. The number of rotatable bonds is 6. The molecule has 0 bridgehead atoms. The third kappa shape index (κ3) is 5.01. The number of carbonyl (C=O) groups excluding carboxylic acids is 1. The standard InChI is InChI=1S/C10H18O6S/c1-7(8-3-2-4-8)10(12)16-5-9(11)6-17(13,14)15/h7-9,11H,2-6H2,1H3,(H,13,14,15). The van der Waals surface area contributed by atoms with E-state index in [-0.39, 0.29) is 5.92 Å². The molecule has 2 unspecified atom stereocenters. The number of aliphatic hydroxyl groups excluding tert-OH is 1. The minimum atomic E-state index is -4.24. The van der Waals surface area contributed by atoms with Crippen LogP contribution >= 0.6 is 0 Å². The Hall–Kier alpha value is -0.660. The van der Waals surface area contributed by atoms with Gasteiger partial charge in [0.25, 0.3) is 10.1 Å². The molecule has 1 rings (SSSR count). The average molecular weight is 266 g/mol. The van der Waals surface area contributed by atoms with Crippen LogP contribution in [0.5, 0.6) is 0 Å². The Morgan fingerprint density at radius 2 is 2.06 bits per heavy atom. The fourth-order valence-corrected chi connectivity index (χ4v) is 2.32. The lowest BCUT2D eigenvalue weighted by molar-refractivity contribution is -0.153. The fraction of sp³-hybridized carbons (Fsp3) is 0.900. The van der Waals surface area contributed by atoms with Gasteiger partial charge in [0.1, 0.15) is 18.5 Å². The molecule has 0 aromatic heterocycles. The maximum absolute atomic E-state index is 11.5. The average Bonchev–Trinajstić information content (AvgIpc) is 2.08. The van der Waals surface area contributed by atoms with E-state index in [0.29, 0.717) is 5.92 Å². The van der Waals surface area contributed by atoms with Crippen LogP contribution in [0.4, 0.5) is 0 Å². The molecule has 0 amide bonds. The van der Waals surface area contributed by atoms with E-state index in [1.165, 1.54) is 0 Å². The minimum absolute atomic E-state index is 0.221. The first-order valence-electron chi connectivity index (χ1n) is 5.59. The van der Waals surface area contributed by atoms with Crippen LogP contribution in [0.1, 0.15) is 26.2 Å². The molecule has 0 aromatic carbocycles. The zero-order valence-electron chi connectivity index (χ0n) is 9.70. The Balaban J connectivity index is 2.27. The molecule has 1 aliphatic carbocycles. The number of carbonyl (C=O) groups is 1. The van der Waals surface area contributed by atoms with Gasteiger partial charge in [-0.2, -0.15) is 8.42 Å². The second-order valence-electron chi connectivity index (χ2n) is 4.51. The van der Waals surface area contributed by atoms with Crippen molar-refractivity contribution >= 4 is 16.1 Å². The van der Waals surface area contributed by atoms with E-state index in [2.05, 4.69) is 0 Å². The van der Waals surface area contributed by atoms with Crippen LogP contribution in [0.2, 0.25) is 0 Å². The van der Waals surface area contributed by atoms with Crippen molar-refractivity contribution in [1.82, 2.24) is 0 Å². The summed E-state index contributed by atoms with van der Waals surface area (Å²) in [6.45, 7) is 1.36. The SMILES string of the molecule is CC(C(=O)OCC(O)CS(=O)(=O)O)C1CCC1. The molecule has 7 heteroatoms. The molecule has 0 heterocycles. The smallest absolute Gasteiger partial charge is 0.309 e. The number of hydrogen-bond donors (Lipinski definition) is 2. The molecule has 1 aliphatic rings. The summed E-state index contributed by atoms with van der Waals surface area (Å²) >= 11 is 0. The molecule has 0 spiro atoms. The van der Waals surface area contributed by atoms with Crippen molar-refractivity contribution in [2.24, 2.45) is 11.8 Å². The van der Waals surface area contributed by atoms with E-state index in [0.717, 1.165) is 19.3 Å². The quantitative estimate of drug-likeness (QED) is 0.526. The second kappa shape index (κ2) is 5.79. The fourth-order valence-electron chi connectivity index (χ4n) is 1.73. The number of esters is 1. The van der Waals surface area contributed by atoms with Crippen molar-refractivity contribution in [3.8, 4) is 0 Å². The lowest BCUT2D eigenvalue weighted by Crippen LogP contribution is -2.32. The first-order chi connectivity index (χ1) is 7.79. The molecule has 0 radical (unpaired) electrons. The summed E-state index contributed by atoms with van der Waals surface area (Å²) in [5.41, 5.74) is 0. The Bertz CT molecular complexity index is 359. The van der Waals surface area contributed by atoms with E-state index >= 15 is 0 Å². The van der Waals surface area contributed by atoms with Crippen LogP contribution in [-0.4, -0.2) is 42.5 Å². The van der Waals surface area contributed by atoms with Gasteiger partial charge in [-0.1, -0.05) is 13.3 Å². The third-order valence-corrected chi connectivity index (χ3v) is 3.86. The van der Waals surface area contributed by atoms with Gasteiger partial charge in [-0.15, -0.1) is 0 Å². The molecule has 0 aromatic rings. The highest BCUT2D eigenvalue weighted by atomic mass is 32.2. The van der Waals surface area contributed by atoms with Crippen LogP contribution in [0.3, 0.4) is 0 Å². The van der Waals surface area contributed by atoms with E-state index in [9.17, 15) is 18.3 Å². The van der Waals surface area contributed by atoms with Gasteiger partial charge in [-0.05, 0) is 18.8 Å². The lowest BCUT2D eigenvalue weighted by Gasteiger charge is -2.30. The van der Waals surface area contributed by atoms with Crippen molar-refractivity contribution in [3.05, 3.63) is 0 Å². The van der Waals surface area contributed by atoms with Crippen molar-refractivity contribution < 1.29 is 27.6 Å². The van der Waals surface area contributed by atoms with Gasteiger partial charge in [0.2, 0.25) is 0 Å². The second-order valence-corrected chi connectivity index (χ2v) is 6.01. The predicted octanol–water partition coefficient (Wildman–Crippen LogP) is 0.214. The normalized spacial score (nSPS) is 20.4. The van der Waals surface area contributed by atoms with Gasteiger partial charge in [0.05, 0.1) is 5.92 Å². The zero-order chi connectivity index (χ0) is 13.1. The van der Waals surface area contributed by atoms with Crippen molar-refractivity contribution in [1.29, 1.82) is 0 Å². The molecule has 1 fully saturated rings. The van der Waals surface area contributed by atoms with Crippen LogP contribution in [0.15, 0.2) is 0 Å². The summed E-state index contributed by atoms with van der Waals surface area (Å²) in [4.78, 5) is 11.5. The summed E-state index contributed by atoms with van der Waals surface area (Å²) < 4.78 is 34.2. The molecule has 0 saturated heterocycles. The maximum atomic E-state index is 11.5. The Morgan fingerprint density at radius 3 is 2.47 bits per heavy atom. The van der Waals surface area contributed by atoms with E-state index in [1.807, 2.05) is 0 Å². The number of hydrogen-bond acceptors (Lipinski definition) is 5. The molecule has 100 valence electrons. The number of ether oxygens (including phenoxy) is 1. The molecule has 1 saturated carbocycles. The Labute approximate surface area is 101 Å². The molecule has 6 nitrogen and oxygen atoms in total. The molecule has 17 heavy (non-hydrogen) atoms. The van der Waals surface area contributed by atoms with Gasteiger partial charge in [-0.25, -0.2) is 0 Å². The van der Waals surface area contributed by atoms with Gasteiger partial charge >= 0.3 is 5.97 Å². The first-order valence-corrected chi connectivity index (χ1v) is 7.20. The summed E-state index contributed by atoms with van der Waals surface area (Å²) in [5.74, 6) is -1.13. The minimum Gasteiger partial charge on any atom is -0.463 e. The predicted molar refractivity (Wildman–Crippen MR) is 59.9 cm³/mol. The van der Waals surface area contributed by atoms with Crippen LogP contribution in [0, 0.1) is 11.8 Å². The van der Waals surface area contributed by atoms with Crippen molar-refractivity contribution in [3.63, 3.8) is 0 Å². The van der Waals surface area contributed by atoms with Gasteiger partial charge in [-0.3, -0.25) is 9.35 Å². The summed E-state index contributed by atoms with van der Waals surface area (Å²) in [6, 6.07) is 0. The highest BCUT2D eigenvalue weighted by Gasteiger charge is 2.30. The van der Waals surface area contributed by atoms with Gasteiger partial charge < -0.3 is 9.84 Å². The monoisotopic (exact) mass is 266 g/mol. The maximum Gasteiger partial charge on any atom is 0.309 e. The zero-order valence-corrected chi connectivity index (χ0v) is 10.5. The highest BCUT2D eigenvalue weighted by Crippen LogP contribution is 2.33. The number of aliphatic hydroxyl groups is 1. The molecule has 0 aliphatic heterocycles. The summed E-state index contributed by atoms with van der Waals surface area (Å²) in [5, 5.41) is 9.21. The Kier molecular flexibility index (Phi) is 4.91. The van der Waals surface area contributed by atoms with E-state index in [1.54, 1.807) is 6.92 Å². The summed E-state index contributed by atoms with van der Waals surface area (Å²) in [6.07, 6.45) is 1.74. The molecule has 2 atom stereocenters.